The Bertz CT molecular complexity index is 273. The molecule has 0 radical (unpaired) electrons. The molecule has 3 heteroatoms. The number of ether oxygens (including phenoxy) is 1. The standard InChI is InChI=1S/C14H24O3/c1-4-5-6-10(2)14-11(7-8-12(14)15)9-13(16)17-3/h10-11,14H,4-9H2,1-3H3/t10-,11+,14+/m0/s1. The predicted octanol–water partition coefficient (Wildman–Crippen LogP) is 2.97. The summed E-state index contributed by atoms with van der Waals surface area (Å²) in [7, 11) is 1.41. The second-order valence-electron chi connectivity index (χ2n) is 5.19. The summed E-state index contributed by atoms with van der Waals surface area (Å²) in [5, 5.41) is 0. The monoisotopic (exact) mass is 240 g/mol. The molecule has 0 aromatic carbocycles. The van der Waals surface area contributed by atoms with Gasteiger partial charge in [-0.25, -0.2) is 0 Å². The molecule has 0 heterocycles. The van der Waals surface area contributed by atoms with Crippen LogP contribution in [-0.2, 0) is 14.3 Å². The summed E-state index contributed by atoms with van der Waals surface area (Å²) >= 11 is 0. The van der Waals surface area contributed by atoms with E-state index in [4.69, 9.17) is 4.74 Å². The lowest BCUT2D eigenvalue weighted by Crippen LogP contribution is -2.25. The highest BCUT2D eigenvalue weighted by molar-refractivity contribution is 5.84. The van der Waals surface area contributed by atoms with Gasteiger partial charge in [0.05, 0.1) is 7.11 Å². The molecule has 0 aromatic rings. The Morgan fingerprint density at radius 3 is 2.82 bits per heavy atom. The van der Waals surface area contributed by atoms with Gasteiger partial charge in [-0.15, -0.1) is 0 Å². The highest BCUT2D eigenvalue weighted by atomic mass is 16.5. The van der Waals surface area contributed by atoms with Crippen molar-refractivity contribution in [3.63, 3.8) is 0 Å². The number of rotatable bonds is 6. The number of esters is 1. The minimum absolute atomic E-state index is 0.0839. The van der Waals surface area contributed by atoms with E-state index in [0.29, 0.717) is 24.5 Å². The van der Waals surface area contributed by atoms with Crippen LogP contribution in [0.25, 0.3) is 0 Å². The lowest BCUT2D eigenvalue weighted by molar-refractivity contribution is -0.142. The minimum Gasteiger partial charge on any atom is -0.469 e. The van der Waals surface area contributed by atoms with Gasteiger partial charge in [0.25, 0.3) is 0 Å². The van der Waals surface area contributed by atoms with E-state index >= 15 is 0 Å². The molecule has 0 amide bonds. The van der Waals surface area contributed by atoms with Crippen molar-refractivity contribution in [3.8, 4) is 0 Å². The van der Waals surface area contributed by atoms with Crippen LogP contribution < -0.4 is 0 Å². The molecule has 0 N–H and O–H groups in total. The first kappa shape index (κ1) is 14.2. The third-order valence-electron chi connectivity index (χ3n) is 3.92. The molecule has 1 aliphatic rings. The number of hydrogen-bond donors (Lipinski definition) is 0. The zero-order valence-electron chi connectivity index (χ0n) is 11.2. The summed E-state index contributed by atoms with van der Waals surface area (Å²) in [6, 6.07) is 0. The molecule has 1 rings (SSSR count). The lowest BCUT2D eigenvalue weighted by atomic mass is 9.80. The summed E-state index contributed by atoms with van der Waals surface area (Å²) in [4.78, 5) is 23.2. The maximum Gasteiger partial charge on any atom is 0.305 e. The average Bonchev–Trinajstić information content (AvgIpc) is 2.67. The molecule has 0 aromatic heterocycles. The molecule has 17 heavy (non-hydrogen) atoms. The molecule has 0 spiro atoms. The van der Waals surface area contributed by atoms with Gasteiger partial charge in [0.2, 0.25) is 0 Å². The van der Waals surface area contributed by atoms with Gasteiger partial charge in [-0.1, -0.05) is 33.1 Å². The number of carbonyl (C=O) groups is 2. The quantitative estimate of drug-likeness (QED) is 0.670. The van der Waals surface area contributed by atoms with Gasteiger partial charge in [0.1, 0.15) is 5.78 Å². The van der Waals surface area contributed by atoms with Crippen LogP contribution in [0.5, 0.6) is 0 Å². The highest BCUT2D eigenvalue weighted by Crippen LogP contribution is 2.38. The Morgan fingerprint density at radius 2 is 2.24 bits per heavy atom. The van der Waals surface area contributed by atoms with Crippen LogP contribution in [-0.4, -0.2) is 18.9 Å². The van der Waals surface area contributed by atoms with Crippen LogP contribution in [0.4, 0.5) is 0 Å². The molecule has 1 aliphatic carbocycles. The summed E-state index contributed by atoms with van der Waals surface area (Å²) in [5.41, 5.74) is 0. The number of ketones is 1. The molecule has 0 aliphatic heterocycles. The topological polar surface area (TPSA) is 43.4 Å². The van der Waals surface area contributed by atoms with Crippen molar-refractivity contribution in [1.29, 1.82) is 0 Å². The van der Waals surface area contributed by atoms with Crippen LogP contribution in [0.1, 0.15) is 52.4 Å². The van der Waals surface area contributed by atoms with Crippen molar-refractivity contribution >= 4 is 11.8 Å². The molecule has 1 fully saturated rings. The van der Waals surface area contributed by atoms with E-state index in [1.807, 2.05) is 0 Å². The number of carbonyl (C=O) groups excluding carboxylic acids is 2. The van der Waals surface area contributed by atoms with Gasteiger partial charge in [0, 0.05) is 18.8 Å². The largest absolute Gasteiger partial charge is 0.469 e. The molecular formula is C14H24O3. The molecule has 98 valence electrons. The van der Waals surface area contributed by atoms with Crippen molar-refractivity contribution in [1.82, 2.24) is 0 Å². The first-order chi connectivity index (χ1) is 8.10. The Labute approximate surface area is 104 Å². The SMILES string of the molecule is CCCC[C@H](C)[C@H]1C(=O)CC[C@@H]1CC(=O)OC. The average molecular weight is 240 g/mol. The number of Topliss-reactive ketones (excluding diaryl/α,β-unsaturated/α-hetero) is 1. The van der Waals surface area contributed by atoms with Gasteiger partial charge in [-0.05, 0) is 18.3 Å². The zero-order valence-corrected chi connectivity index (χ0v) is 11.2. The van der Waals surface area contributed by atoms with Gasteiger partial charge < -0.3 is 4.74 Å². The summed E-state index contributed by atoms with van der Waals surface area (Å²) in [5.74, 6) is 0.863. The fraction of sp³-hybridized carbons (Fsp3) is 0.857. The van der Waals surface area contributed by atoms with Gasteiger partial charge >= 0.3 is 5.97 Å². The van der Waals surface area contributed by atoms with E-state index in [1.165, 1.54) is 7.11 Å². The molecule has 1 saturated carbocycles. The highest BCUT2D eigenvalue weighted by Gasteiger charge is 2.38. The van der Waals surface area contributed by atoms with Crippen molar-refractivity contribution < 1.29 is 14.3 Å². The van der Waals surface area contributed by atoms with Crippen LogP contribution >= 0.6 is 0 Å². The number of hydrogen-bond acceptors (Lipinski definition) is 3. The molecule has 0 saturated heterocycles. The molecular weight excluding hydrogens is 216 g/mol. The Kier molecular flexibility index (Phi) is 5.66. The minimum atomic E-state index is -0.183. The van der Waals surface area contributed by atoms with E-state index in [1.54, 1.807) is 0 Å². The van der Waals surface area contributed by atoms with Crippen molar-refractivity contribution in [2.24, 2.45) is 17.8 Å². The molecule has 0 bridgehead atoms. The second-order valence-corrected chi connectivity index (χ2v) is 5.19. The first-order valence-corrected chi connectivity index (χ1v) is 6.69. The number of methoxy groups -OCH3 is 1. The van der Waals surface area contributed by atoms with Crippen molar-refractivity contribution in [2.75, 3.05) is 7.11 Å². The van der Waals surface area contributed by atoms with Gasteiger partial charge in [0.15, 0.2) is 0 Å². The summed E-state index contributed by atoms with van der Waals surface area (Å²) < 4.78 is 4.71. The van der Waals surface area contributed by atoms with E-state index < -0.39 is 0 Å². The number of unbranched alkanes of at least 4 members (excludes halogenated alkanes) is 1. The third-order valence-corrected chi connectivity index (χ3v) is 3.92. The fourth-order valence-corrected chi connectivity index (χ4v) is 2.95. The Hall–Kier alpha value is -0.860. The van der Waals surface area contributed by atoms with Crippen molar-refractivity contribution in [2.45, 2.75) is 52.4 Å². The predicted molar refractivity (Wildman–Crippen MR) is 66.5 cm³/mol. The molecule has 0 unspecified atom stereocenters. The zero-order chi connectivity index (χ0) is 12.8. The van der Waals surface area contributed by atoms with Crippen molar-refractivity contribution in [3.05, 3.63) is 0 Å². The lowest BCUT2D eigenvalue weighted by Gasteiger charge is -2.23. The van der Waals surface area contributed by atoms with E-state index in [2.05, 4.69) is 13.8 Å². The summed E-state index contributed by atoms with van der Waals surface area (Å²) in [6.45, 7) is 4.31. The third kappa shape index (κ3) is 3.83. The van der Waals surface area contributed by atoms with Crippen LogP contribution in [0.3, 0.4) is 0 Å². The Morgan fingerprint density at radius 1 is 1.53 bits per heavy atom. The van der Waals surface area contributed by atoms with Gasteiger partial charge in [-0.3, -0.25) is 9.59 Å². The Balaban J connectivity index is 2.58. The smallest absolute Gasteiger partial charge is 0.305 e. The maximum absolute atomic E-state index is 11.9. The first-order valence-electron chi connectivity index (χ1n) is 6.69. The fourth-order valence-electron chi connectivity index (χ4n) is 2.95. The van der Waals surface area contributed by atoms with Crippen LogP contribution in [0.2, 0.25) is 0 Å². The van der Waals surface area contributed by atoms with Gasteiger partial charge in [-0.2, -0.15) is 0 Å². The van der Waals surface area contributed by atoms with E-state index in [-0.39, 0.29) is 17.8 Å². The van der Waals surface area contributed by atoms with Crippen LogP contribution in [0, 0.1) is 17.8 Å². The van der Waals surface area contributed by atoms with E-state index in [0.717, 1.165) is 25.7 Å². The maximum atomic E-state index is 11.9. The normalized spacial score (nSPS) is 25.9. The second kappa shape index (κ2) is 6.77. The van der Waals surface area contributed by atoms with E-state index in [9.17, 15) is 9.59 Å². The molecule has 3 atom stereocenters. The molecule has 3 nitrogen and oxygen atoms in total. The summed E-state index contributed by atoms with van der Waals surface area (Å²) in [6.07, 6.45) is 5.31. The van der Waals surface area contributed by atoms with Crippen LogP contribution in [0.15, 0.2) is 0 Å².